The molecule has 1 saturated heterocycles. The molecule has 1 aromatic rings. The van der Waals surface area contributed by atoms with Crippen molar-refractivity contribution in [2.45, 2.75) is 30.9 Å². The number of nitrogens with one attached hydrogen (secondary N) is 1. The number of rotatable bonds is 2. The average molecular weight is 276 g/mol. The summed E-state index contributed by atoms with van der Waals surface area (Å²) in [4.78, 5) is 2.30. The van der Waals surface area contributed by atoms with Crippen molar-refractivity contribution < 1.29 is 9.47 Å². The van der Waals surface area contributed by atoms with Gasteiger partial charge in [-0.3, -0.25) is 0 Å². The first-order valence-electron chi connectivity index (χ1n) is 7.38. The van der Waals surface area contributed by atoms with Crippen LogP contribution in [0.1, 0.15) is 30.9 Å². The fourth-order valence-electron chi connectivity index (χ4n) is 3.39. The van der Waals surface area contributed by atoms with E-state index in [2.05, 4.69) is 30.4 Å². The van der Waals surface area contributed by atoms with Crippen molar-refractivity contribution in [3.63, 3.8) is 0 Å². The van der Waals surface area contributed by atoms with Crippen LogP contribution in [0.5, 0.6) is 11.5 Å². The number of ether oxygens (including phenoxy) is 2. The Labute approximate surface area is 121 Å². The number of methoxy groups -OCH3 is 1. The van der Waals surface area contributed by atoms with Gasteiger partial charge in [-0.15, -0.1) is 0 Å². The van der Waals surface area contributed by atoms with E-state index in [4.69, 9.17) is 9.47 Å². The predicted octanol–water partition coefficient (Wildman–Crippen LogP) is 2.20. The molecule has 2 aliphatic rings. The summed E-state index contributed by atoms with van der Waals surface area (Å²) in [6, 6.07) is 6.63. The van der Waals surface area contributed by atoms with E-state index < -0.39 is 0 Å². The standard InChI is InChI=1S/C16H24N2O2/c1-18(2)14-11-16(6-8-17-9-7-16)20-15-10-12(19-3)4-5-13(14)15/h4-5,10,14,17H,6-9,11H2,1-3H3. The molecule has 0 aliphatic carbocycles. The summed E-state index contributed by atoms with van der Waals surface area (Å²) in [5, 5.41) is 3.43. The molecule has 20 heavy (non-hydrogen) atoms. The van der Waals surface area contributed by atoms with Crippen LogP contribution in [0.25, 0.3) is 0 Å². The van der Waals surface area contributed by atoms with Crippen LogP contribution in [0.15, 0.2) is 18.2 Å². The second-order valence-electron chi connectivity index (χ2n) is 6.12. The van der Waals surface area contributed by atoms with Crippen molar-refractivity contribution >= 4 is 0 Å². The Kier molecular flexibility index (Phi) is 3.61. The molecule has 4 heteroatoms. The van der Waals surface area contributed by atoms with Crippen LogP contribution in [-0.4, -0.2) is 44.8 Å². The minimum atomic E-state index is -0.0143. The zero-order valence-electron chi connectivity index (χ0n) is 12.6. The van der Waals surface area contributed by atoms with Gasteiger partial charge in [0.15, 0.2) is 0 Å². The third-order valence-corrected chi connectivity index (χ3v) is 4.61. The summed E-state index contributed by atoms with van der Waals surface area (Å²) in [6.45, 7) is 2.08. The van der Waals surface area contributed by atoms with E-state index in [0.29, 0.717) is 6.04 Å². The van der Waals surface area contributed by atoms with Gasteiger partial charge in [0.2, 0.25) is 0 Å². The molecule has 4 nitrogen and oxygen atoms in total. The Balaban J connectivity index is 1.98. The maximum absolute atomic E-state index is 6.44. The van der Waals surface area contributed by atoms with Crippen molar-refractivity contribution in [1.82, 2.24) is 10.2 Å². The van der Waals surface area contributed by atoms with Gasteiger partial charge in [-0.2, -0.15) is 0 Å². The van der Waals surface area contributed by atoms with Gasteiger partial charge in [-0.05, 0) is 46.1 Å². The highest BCUT2D eigenvalue weighted by Crippen LogP contribution is 2.46. The molecule has 1 unspecified atom stereocenters. The van der Waals surface area contributed by atoms with Gasteiger partial charge < -0.3 is 19.7 Å². The lowest BCUT2D eigenvalue weighted by Crippen LogP contribution is -2.50. The highest BCUT2D eigenvalue weighted by molar-refractivity contribution is 5.44. The summed E-state index contributed by atoms with van der Waals surface area (Å²) in [5.41, 5.74) is 1.26. The van der Waals surface area contributed by atoms with E-state index in [1.807, 2.05) is 12.1 Å². The van der Waals surface area contributed by atoms with Crippen LogP contribution >= 0.6 is 0 Å². The Morgan fingerprint density at radius 1 is 1.30 bits per heavy atom. The van der Waals surface area contributed by atoms with Gasteiger partial charge in [-0.25, -0.2) is 0 Å². The molecule has 0 radical (unpaired) electrons. The number of piperidine rings is 1. The number of hydrogen-bond acceptors (Lipinski definition) is 4. The molecule has 110 valence electrons. The van der Waals surface area contributed by atoms with E-state index in [0.717, 1.165) is 43.9 Å². The quantitative estimate of drug-likeness (QED) is 0.898. The van der Waals surface area contributed by atoms with Gasteiger partial charge in [0, 0.05) is 24.1 Å². The molecule has 1 spiro atoms. The fourth-order valence-corrected chi connectivity index (χ4v) is 3.39. The summed E-state index contributed by atoms with van der Waals surface area (Å²) in [7, 11) is 6.01. The largest absolute Gasteiger partial charge is 0.497 e. The van der Waals surface area contributed by atoms with Crippen molar-refractivity contribution in [3.05, 3.63) is 23.8 Å². The molecule has 1 atom stereocenters. The second kappa shape index (κ2) is 5.26. The zero-order chi connectivity index (χ0) is 14.2. The number of benzene rings is 1. The van der Waals surface area contributed by atoms with Crippen molar-refractivity contribution in [2.75, 3.05) is 34.3 Å². The SMILES string of the molecule is COc1ccc2c(c1)OC1(CCNCC1)CC2N(C)C. The third kappa shape index (κ3) is 2.38. The van der Waals surface area contributed by atoms with Crippen LogP contribution in [0.4, 0.5) is 0 Å². The Bertz CT molecular complexity index is 481. The Hall–Kier alpha value is -1.26. The van der Waals surface area contributed by atoms with E-state index in [-0.39, 0.29) is 5.60 Å². The lowest BCUT2D eigenvalue weighted by atomic mass is 9.80. The van der Waals surface area contributed by atoms with Crippen LogP contribution in [-0.2, 0) is 0 Å². The van der Waals surface area contributed by atoms with Gasteiger partial charge in [0.1, 0.15) is 17.1 Å². The molecule has 0 aromatic heterocycles. The zero-order valence-corrected chi connectivity index (χ0v) is 12.6. The average Bonchev–Trinajstić information content (AvgIpc) is 2.46. The van der Waals surface area contributed by atoms with Gasteiger partial charge >= 0.3 is 0 Å². The monoisotopic (exact) mass is 276 g/mol. The van der Waals surface area contributed by atoms with E-state index >= 15 is 0 Å². The third-order valence-electron chi connectivity index (χ3n) is 4.61. The smallest absolute Gasteiger partial charge is 0.128 e. The molecule has 0 bridgehead atoms. The van der Waals surface area contributed by atoms with Crippen LogP contribution in [0.2, 0.25) is 0 Å². The lowest BCUT2D eigenvalue weighted by Gasteiger charge is -2.46. The number of fused-ring (bicyclic) bond motifs is 1. The fraction of sp³-hybridized carbons (Fsp3) is 0.625. The highest BCUT2D eigenvalue weighted by atomic mass is 16.5. The first kappa shape index (κ1) is 13.7. The van der Waals surface area contributed by atoms with E-state index in [1.54, 1.807) is 7.11 Å². The highest BCUT2D eigenvalue weighted by Gasteiger charge is 2.42. The molecule has 3 rings (SSSR count). The molecule has 1 N–H and O–H groups in total. The molecule has 0 saturated carbocycles. The summed E-state index contributed by atoms with van der Waals surface area (Å²) in [6.07, 6.45) is 3.23. The number of nitrogens with zero attached hydrogens (tertiary/aromatic N) is 1. The molecule has 1 aromatic carbocycles. The lowest BCUT2D eigenvalue weighted by molar-refractivity contribution is -0.0119. The van der Waals surface area contributed by atoms with Crippen molar-refractivity contribution in [2.24, 2.45) is 0 Å². The normalized spacial score (nSPS) is 24.3. The van der Waals surface area contributed by atoms with Crippen LogP contribution in [0.3, 0.4) is 0 Å². The molecule has 0 amide bonds. The van der Waals surface area contributed by atoms with Gasteiger partial charge in [0.25, 0.3) is 0 Å². The summed E-state index contributed by atoms with van der Waals surface area (Å²) in [5.74, 6) is 1.86. The molecular formula is C16H24N2O2. The maximum atomic E-state index is 6.44. The van der Waals surface area contributed by atoms with Crippen LogP contribution in [0, 0.1) is 0 Å². The molecule has 2 heterocycles. The van der Waals surface area contributed by atoms with Crippen molar-refractivity contribution in [1.29, 1.82) is 0 Å². The second-order valence-corrected chi connectivity index (χ2v) is 6.12. The molecular weight excluding hydrogens is 252 g/mol. The van der Waals surface area contributed by atoms with Gasteiger partial charge in [-0.1, -0.05) is 6.07 Å². The van der Waals surface area contributed by atoms with E-state index in [9.17, 15) is 0 Å². The minimum absolute atomic E-state index is 0.0143. The van der Waals surface area contributed by atoms with E-state index in [1.165, 1.54) is 5.56 Å². The Morgan fingerprint density at radius 2 is 2.05 bits per heavy atom. The Morgan fingerprint density at radius 3 is 2.70 bits per heavy atom. The topological polar surface area (TPSA) is 33.7 Å². The predicted molar refractivity (Wildman–Crippen MR) is 79.5 cm³/mol. The maximum Gasteiger partial charge on any atom is 0.128 e. The van der Waals surface area contributed by atoms with Crippen molar-refractivity contribution in [3.8, 4) is 11.5 Å². The molecule has 2 aliphatic heterocycles. The first-order chi connectivity index (χ1) is 9.63. The van der Waals surface area contributed by atoms with Gasteiger partial charge in [0.05, 0.1) is 7.11 Å². The summed E-state index contributed by atoms with van der Waals surface area (Å²) < 4.78 is 11.8. The van der Waals surface area contributed by atoms with Crippen LogP contribution < -0.4 is 14.8 Å². The minimum Gasteiger partial charge on any atom is -0.497 e. The summed E-state index contributed by atoms with van der Waals surface area (Å²) >= 11 is 0. The number of hydrogen-bond donors (Lipinski definition) is 1. The first-order valence-corrected chi connectivity index (χ1v) is 7.38. The molecule has 1 fully saturated rings.